The first-order chi connectivity index (χ1) is 11.6. The van der Waals surface area contributed by atoms with Crippen LogP contribution in [0, 0.1) is 5.41 Å². The zero-order valence-corrected chi connectivity index (χ0v) is 15.4. The van der Waals surface area contributed by atoms with Gasteiger partial charge in [0.2, 0.25) is 11.8 Å². The van der Waals surface area contributed by atoms with Gasteiger partial charge in [0.1, 0.15) is 17.1 Å². The van der Waals surface area contributed by atoms with Crippen molar-refractivity contribution in [2.45, 2.75) is 38.6 Å². The van der Waals surface area contributed by atoms with Crippen LogP contribution in [-0.4, -0.2) is 62.9 Å². The van der Waals surface area contributed by atoms with Crippen molar-refractivity contribution >= 4 is 29.5 Å². The van der Waals surface area contributed by atoms with Crippen LogP contribution in [0.5, 0.6) is 0 Å². The van der Waals surface area contributed by atoms with Gasteiger partial charge in [-0.15, -0.1) is 11.8 Å². The average Bonchev–Trinajstić information content (AvgIpc) is 2.84. The highest BCUT2D eigenvalue weighted by Gasteiger charge is 2.51. The molecule has 2 fully saturated rings. The zero-order chi connectivity index (χ0) is 18.5. The third-order valence-electron chi connectivity index (χ3n) is 4.47. The fourth-order valence-corrected chi connectivity index (χ4v) is 4.64. The lowest BCUT2D eigenvalue weighted by Gasteiger charge is -2.47. The Labute approximate surface area is 150 Å². The van der Waals surface area contributed by atoms with Crippen molar-refractivity contribution in [3.8, 4) is 0 Å². The smallest absolute Gasteiger partial charge is 0.352 e. The van der Waals surface area contributed by atoms with E-state index in [1.807, 2.05) is 0 Å². The van der Waals surface area contributed by atoms with Crippen LogP contribution < -0.4 is 5.73 Å². The molecule has 0 aromatic carbocycles. The topological polar surface area (TPSA) is 104 Å². The monoisotopic (exact) mass is 365 g/mol. The van der Waals surface area contributed by atoms with Gasteiger partial charge in [0, 0.05) is 24.4 Å². The van der Waals surface area contributed by atoms with Gasteiger partial charge >= 0.3 is 5.97 Å². The third kappa shape index (κ3) is 3.20. The predicted molar refractivity (Wildman–Crippen MR) is 94.5 cm³/mol. The molecule has 3 aliphatic rings. The lowest BCUT2D eigenvalue weighted by molar-refractivity contribution is -0.147. The van der Waals surface area contributed by atoms with Crippen molar-refractivity contribution in [2.75, 3.05) is 18.8 Å². The van der Waals surface area contributed by atoms with Gasteiger partial charge in [-0.3, -0.25) is 14.5 Å². The number of aliphatic carboxylic acids is 1. The van der Waals surface area contributed by atoms with Crippen LogP contribution in [-0.2, 0) is 14.4 Å². The first-order valence-electron chi connectivity index (χ1n) is 8.27. The first-order valence-corrected chi connectivity index (χ1v) is 9.31. The van der Waals surface area contributed by atoms with E-state index >= 15 is 0 Å². The number of rotatable bonds is 3. The maximum atomic E-state index is 12.6. The van der Waals surface area contributed by atoms with Gasteiger partial charge in [-0.25, -0.2) is 4.79 Å². The van der Waals surface area contributed by atoms with Gasteiger partial charge in [-0.2, -0.15) is 0 Å². The number of β-lactam (4-membered cyclic amide) rings is 1. The maximum absolute atomic E-state index is 12.6. The molecule has 2 atom stereocenters. The van der Waals surface area contributed by atoms with E-state index in [9.17, 15) is 19.5 Å². The van der Waals surface area contributed by atoms with Crippen molar-refractivity contribution in [1.82, 2.24) is 9.80 Å². The van der Waals surface area contributed by atoms with E-state index in [0.29, 0.717) is 36.4 Å². The number of hydrogen-bond acceptors (Lipinski definition) is 5. The number of thioether (sulfide) groups is 1. The van der Waals surface area contributed by atoms with E-state index in [1.54, 1.807) is 11.0 Å². The number of carboxylic acids is 1. The predicted octanol–water partition coefficient (Wildman–Crippen LogP) is 0.772. The second kappa shape index (κ2) is 6.17. The summed E-state index contributed by atoms with van der Waals surface area (Å²) in [4.78, 5) is 39.3. The van der Waals surface area contributed by atoms with Crippen molar-refractivity contribution < 1.29 is 19.5 Å². The minimum atomic E-state index is -1.16. The summed E-state index contributed by atoms with van der Waals surface area (Å²) in [5, 5.41) is 9.23. The number of fused-ring (bicyclic) bond motifs is 1. The zero-order valence-electron chi connectivity index (χ0n) is 14.6. The summed E-state index contributed by atoms with van der Waals surface area (Å²) in [6, 6.07) is -0.649. The van der Waals surface area contributed by atoms with Crippen molar-refractivity contribution in [1.29, 1.82) is 0 Å². The van der Waals surface area contributed by atoms with E-state index in [4.69, 9.17) is 5.73 Å². The van der Waals surface area contributed by atoms with E-state index in [2.05, 4.69) is 20.8 Å². The second-order valence-electron chi connectivity index (χ2n) is 7.82. The summed E-state index contributed by atoms with van der Waals surface area (Å²) in [7, 11) is 0. The Bertz CT molecular complexity index is 707. The first kappa shape index (κ1) is 18.0. The number of carboxylic acid groups (broad SMARTS) is 1. The standard InChI is InChI=1S/C17H23N3O4S/c1-17(2,3)8-19-5-4-9(13(19)21)6-10-7-25-15-11(18)14(22)20(15)12(10)16(23)24/h6,11,15H,4-5,7-8,18H2,1-3H3,(H,23,24)/t11-,15-/m1/s1. The molecule has 0 spiro atoms. The minimum Gasteiger partial charge on any atom is -0.477 e. The Kier molecular flexibility index (Phi) is 4.45. The molecule has 2 amide bonds. The number of likely N-dealkylation sites (tertiary alicyclic amines) is 1. The number of nitrogens with two attached hydrogens (primary N) is 1. The summed E-state index contributed by atoms with van der Waals surface area (Å²) in [5.41, 5.74) is 6.83. The van der Waals surface area contributed by atoms with Crippen LogP contribution in [0.15, 0.2) is 22.9 Å². The summed E-state index contributed by atoms with van der Waals surface area (Å²) >= 11 is 1.44. The van der Waals surface area contributed by atoms with Gasteiger partial charge < -0.3 is 15.7 Å². The Morgan fingerprint density at radius 2 is 2.08 bits per heavy atom. The molecule has 3 heterocycles. The number of amides is 2. The molecule has 7 nitrogen and oxygen atoms in total. The highest BCUT2D eigenvalue weighted by atomic mass is 32.2. The van der Waals surface area contributed by atoms with Gasteiger partial charge in [0.25, 0.3) is 0 Å². The van der Waals surface area contributed by atoms with Gasteiger partial charge in [0.05, 0.1) is 0 Å². The third-order valence-corrected chi connectivity index (χ3v) is 5.79. The largest absolute Gasteiger partial charge is 0.477 e. The van der Waals surface area contributed by atoms with Gasteiger partial charge in [0.15, 0.2) is 0 Å². The molecule has 0 radical (unpaired) electrons. The van der Waals surface area contributed by atoms with E-state index in [-0.39, 0.29) is 28.3 Å². The molecule has 0 unspecified atom stereocenters. The molecular weight excluding hydrogens is 342 g/mol. The number of allylic oxidation sites excluding steroid dienone is 1. The van der Waals surface area contributed by atoms with E-state index in [1.165, 1.54) is 16.7 Å². The molecule has 0 aromatic heterocycles. The second-order valence-corrected chi connectivity index (χ2v) is 8.93. The highest BCUT2D eigenvalue weighted by Crippen LogP contribution is 2.40. The van der Waals surface area contributed by atoms with E-state index < -0.39 is 12.0 Å². The van der Waals surface area contributed by atoms with Crippen LogP contribution in [0.2, 0.25) is 0 Å². The lowest BCUT2D eigenvalue weighted by atomic mass is 9.96. The molecular formula is C17H23N3O4S. The van der Waals surface area contributed by atoms with Gasteiger partial charge in [-0.1, -0.05) is 20.8 Å². The molecule has 3 N–H and O–H groups in total. The minimum absolute atomic E-state index is 0.00467. The molecule has 3 rings (SSSR count). The Morgan fingerprint density at radius 1 is 1.40 bits per heavy atom. The number of nitrogens with zero attached hydrogens (tertiary/aromatic N) is 2. The molecule has 8 heteroatoms. The van der Waals surface area contributed by atoms with Gasteiger partial charge in [-0.05, 0) is 23.5 Å². The van der Waals surface area contributed by atoms with Crippen LogP contribution in [0.3, 0.4) is 0 Å². The summed E-state index contributed by atoms with van der Waals surface area (Å²) in [6.45, 7) is 7.52. The Morgan fingerprint density at radius 3 is 2.68 bits per heavy atom. The molecule has 0 bridgehead atoms. The molecule has 0 aromatic rings. The molecule has 0 aliphatic carbocycles. The molecule has 3 aliphatic heterocycles. The Hall–Kier alpha value is -1.80. The molecule has 0 saturated carbocycles. The van der Waals surface area contributed by atoms with E-state index in [0.717, 1.165) is 0 Å². The van der Waals surface area contributed by atoms with Crippen molar-refractivity contribution in [3.63, 3.8) is 0 Å². The number of carbonyl (C=O) groups is 3. The van der Waals surface area contributed by atoms with Crippen molar-refractivity contribution in [2.24, 2.45) is 11.1 Å². The maximum Gasteiger partial charge on any atom is 0.352 e. The fraction of sp³-hybridized carbons (Fsp3) is 0.588. The lowest BCUT2D eigenvalue weighted by Crippen LogP contribution is -2.68. The van der Waals surface area contributed by atoms with Crippen LogP contribution in [0.25, 0.3) is 0 Å². The van der Waals surface area contributed by atoms with Crippen LogP contribution in [0.1, 0.15) is 27.2 Å². The number of hydrogen-bond donors (Lipinski definition) is 2. The molecule has 136 valence electrons. The van der Waals surface area contributed by atoms with Crippen LogP contribution in [0.4, 0.5) is 0 Å². The Balaban J connectivity index is 1.88. The fourth-order valence-electron chi connectivity index (χ4n) is 3.39. The highest BCUT2D eigenvalue weighted by molar-refractivity contribution is 8.00. The summed E-state index contributed by atoms with van der Waals surface area (Å²) < 4.78 is 0. The molecule has 2 saturated heterocycles. The normalized spacial score (nSPS) is 28.6. The summed E-state index contributed by atoms with van der Waals surface area (Å²) in [6.07, 6.45) is 2.25. The molecule has 25 heavy (non-hydrogen) atoms. The SMILES string of the molecule is CC(C)(C)CN1CCC(=CC2=C(C(=O)O)N3C(=O)[C@@H](N)[C@H]3SC2)C1=O. The average molecular weight is 365 g/mol. The quantitative estimate of drug-likeness (QED) is 0.566. The number of carbonyl (C=O) groups excluding carboxylic acids is 2. The summed E-state index contributed by atoms with van der Waals surface area (Å²) in [5.74, 6) is -1.15. The van der Waals surface area contributed by atoms with Crippen molar-refractivity contribution in [3.05, 3.63) is 22.9 Å². The van der Waals surface area contributed by atoms with Crippen LogP contribution >= 0.6 is 11.8 Å².